The van der Waals surface area contributed by atoms with Gasteiger partial charge in [0.2, 0.25) is 0 Å². The lowest BCUT2D eigenvalue weighted by atomic mass is 10.1. The monoisotopic (exact) mass is 257 g/mol. The number of aromatic hydroxyl groups is 2. The normalized spacial score (nSPS) is 12.5. The summed E-state index contributed by atoms with van der Waals surface area (Å²) >= 11 is 5.99. The Bertz CT molecular complexity index is 407. The summed E-state index contributed by atoms with van der Waals surface area (Å²) in [4.78, 5) is 11.7. The summed E-state index contributed by atoms with van der Waals surface area (Å²) < 4.78 is 0. The van der Waals surface area contributed by atoms with Gasteiger partial charge >= 0.3 is 0 Å². The Morgan fingerprint density at radius 1 is 1.41 bits per heavy atom. The van der Waals surface area contributed by atoms with Crippen LogP contribution < -0.4 is 5.32 Å². The van der Waals surface area contributed by atoms with Gasteiger partial charge in [-0.1, -0.05) is 19.9 Å². The second-order valence-corrected chi connectivity index (χ2v) is 4.70. The van der Waals surface area contributed by atoms with Crippen LogP contribution in [-0.4, -0.2) is 28.0 Å². The van der Waals surface area contributed by atoms with E-state index in [1.165, 1.54) is 18.2 Å². The minimum absolute atomic E-state index is 0.0395. The molecule has 3 N–H and O–H groups in total. The Hall–Kier alpha value is -1.42. The van der Waals surface area contributed by atoms with Gasteiger partial charge in [0.1, 0.15) is 0 Å². The van der Waals surface area contributed by atoms with Gasteiger partial charge in [0.05, 0.1) is 10.9 Å². The predicted octanol–water partition coefficient (Wildman–Crippen LogP) is 2.09. The van der Waals surface area contributed by atoms with E-state index in [0.717, 1.165) is 0 Å². The Morgan fingerprint density at radius 3 is 2.65 bits per heavy atom. The number of hydrogen-bond donors (Lipinski definition) is 3. The lowest BCUT2D eigenvalue weighted by Gasteiger charge is -2.14. The van der Waals surface area contributed by atoms with Crippen molar-refractivity contribution in [3.63, 3.8) is 0 Å². The summed E-state index contributed by atoms with van der Waals surface area (Å²) in [7, 11) is 0. The molecule has 0 saturated heterocycles. The number of para-hydroxylation sites is 1. The lowest BCUT2D eigenvalue weighted by Crippen LogP contribution is -2.31. The molecule has 17 heavy (non-hydrogen) atoms. The number of carbonyl (C=O) groups excluding carboxylic acids is 1. The van der Waals surface area contributed by atoms with Crippen LogP contribution in [0, 0.1) is 5.92 Å². The van der Waals surface area contributed by atoms with E-state index in [1.54, 1.807) is 0 Å². The molecule has 1 amide bonds. The molecule has 1 unspecified atom stereocenters. The molecule has 1 rings (SSSR count). The maximum absolute atomic E-state index is 11.7. The number of phenols is 2. The smallest absolute Gasteiger partial charge is 0.255 e. The van der Waals surface area contributed by atoms with Gasteiger partial charge in [0.25, 0.3) is 5.91 Å². The van der Waals surface area contributed by atoms with Crippen LogP contribution in [0.2, 0.25) is 0 Å². The van der Waals surface area contributed by atoms with Gasteiger partial charge in [0, 0.05) is 6.54 Å². The molecule has 1 atom stereocenters. The van der Waals surface area contributed by atoms with Crippen molar-refractivity contribution < 1.29 is 15.0 Å². The molecule has 0 aliphatic heterocycles. The molecular formula is C12H16ClNO3. The third-order valence-corrected chi connectivity index (χ3v) is 3.10. The summed E-state index contributed by atoms with van der Waals surface area (Å²) in [6, 6.07) is 4.23. The van der Waals surface area contributed by atoms with Gasteiger partial charge in [-0.2, -0.15) is 0 Å². The van der Waals surface area contributed by atoms with Crippen LogP contribution in [-0.2, 0) is 0 Å². The van der Waals surface area contributed by atoms with Crippen molar-refractivity contribution in [2.45, 2.75) is 19.2 Å². The van der Waals surface area contributed by atoms with Gasteiger partial charge in [0.15, 0.2) is 11.5 Å². The highest BCUT2D eigenvalue weighted by molar-refractivity contribution is 6.21. The standard InChI is InChI=1S/C12H16ClNO3/c1-7(2)9(13)6-14-12(17)8-4-3-5-10(15)11(8)16/h3-5,7,9,15-16H,6H2,1-2H3,(H,14,17). The molecular weight excluding hydrogens is 242 g/mol. The molecule has 4 nitrogen and oxygen atoms in total. The van der Waals surface area contributed by atoms with Gasteiger partial charge < -0.3 is 15.5 Å². The quantitative estimate of drug-likeness (QED) is 0.571. The molecule has 0 aliphatic carbocycles. The van der Waals surface area contributed by atoms with Crippen LogP contribution in [0.5, 0.6) is 11.5 Å². The van der Waals surface area contributed by atoms with Crippen molar-refractivity contribution in [3.05, 3.63) is 23.8 Å². The number of benzene rings is 1. The number of phenolic OH excluding ortho intramolecular Hbond substituents is 2. The van der Waals surface area contributed by atoms with Gasteiger partial charge in [-0.25, -0.2) is 0 Å². The first kappa shape index (κ1) is 13.6. The number of hydrogen-bond acceptors (Lipinski definition) is 3. The largest absolute Gasteiger partial charge is 0.504 e. The molecule has 0 fully saturated rings. The molecule has 0 radical (unpaired) electrons. The first-order chi connectivity index (χ1) is 7.93. The average Bonchev–Trinajstić information content (AvgIpc) is 2.29. The summed E-state index contributed by atoms with van der Waals surface area (Å²) in [6.07, 6.45) is 0. The number of nitrogens with one attached hydrogen (secondary N) is 1. The fourth-order valence-corrected chi connectivity index (χ4v) is 1.31. The molecule has 1 aromatic carbocycles. The van der Waals surface area contributed by atoms with E-state index >= 15 is 0 Å². The number of halogens is 1. The molecule has 1 aromatic rings. The van der Waals surface area contributed by atoms with Crippen molar-refractivity contribution >= 4 is 17.5 Å². The van der Waals surface area contributed by atoms with Gasteiger partial charge in [-0.05, 0) is 18.1 Å². The second kappa shape index (κ2) is 5.77. The Kier molecular flexibility index (Phi) is 4.63. The maximum atomic E-state index is 11.7. The molecule has 0 bridgehead atoms. The molecule has 94 valence electrons. The highest BCUT2D eigenvalue weighted by atomic mass is 35.5. The van der Waals surface area contributed by atoms with Crippen LogP contribution in [0.25, 0.3) is 0 Å². The zero-order valence-electron chi connectivity index (χ0n) is 9.77. The Morgan fingerprint density at radius 2 is 2.06 bits per heavy atom. The highest BCUT2D eigenvalue weighted by Gasteiger charge is 2.16. The van der Waals surface area contributed by atoms with Crippen molar-refractivity contribution in [3.8, 4) is 11.5 Å². The maximum Gasteiger partial charge on any atom is 0.255 e. The van der Waals surface area contributed by atoms with E-state index in [2.05, 4.69) is 5.32 Å². The summed E-state index contributed by atoms with van der Waals surface area (Å²) in [5, 5.41) is 21.2. The number of alkyl halides is 1. The van der Waals surface area contributed by atoms with E-state index < -0.39 is 11.7 Å². The van der Waals surface area contributed by atoms with Crippen LogP contribution in [0.15, 0.2) is 18.2 Å². The summed E-state index contributed by atoms with van der Waals surface area (Å²) in [5.74, 6) is -0.941. The highest BCUT2D eigenvalue weighted by Crippen LogP contribution is 2.27. The average molecular weight is 258 g/mol. The van der Waals surface area contributed by atoms with Gasteiger partial charge in [-0.3, -0.25) is 4.79 Å². The summed E-state index contributed by atoms with van der Waals surface area (Å²) in [6.45, 7) is 4.22. The van der Waals surface area contributed by atoms with Crippen molar-refractivity contribution in [2.75, 3.05) is 6.54 Å². The van der Waals surface area contributed by atoms with Gasteiger partial charge in [-0.15, -0.1) is 11.6 Å². The Labute approximate surface area is 105 Å². The van der Waals surface area contributed by atoms with Crippen LogP contribution in [0.4, 0.5) is 0 Å². The second-order valence-electron chi connectivity index (χ2n) is 4.14. The summed E-state index contributed by atoms with van der Waals surface area (Å²) in [5.41, 5.74) is 0.0395. The van der Waals surface area contributed by atoms with Crippen LogP contribution in [0.3, 0.4) is 0 Å². The predicted molar refractivity (Wildman–Crippen MR) is 66.6 cm³/mol. The minimum atomic E-state index is -0.454. The fraction of sp³-hybridized carbons (Fsp3) is 0.417. The zero-order chi connectivity index (χ0) is 13.0. The Balaban J connectivity index is 2.68. The molecule has 0 aliphatic rings. The molecule has 0 spiro atoms. The fourth-order valence-electron chi connectivity index (χ4n) is 1.24. The molecule has 0 aromatic heterocycles. The topological polar surface area (TPSA) is 69.6 Å². The zero-order valence-corrected chi connectivity index (χ0v) is 10.5. The van der Waals surface area contributed by atoms with Crippen LogP contribution in [0.1, 0.15) is 24.2 Å². The number of rotatable bonds is 4. The molecule has 5 heteroatoms. The first-order valence-electron chi connectivity index (χ1n) is 5.36. The van der Waals surface area contributed by atoms with Crippen molar-refractivity contribution in [1.82, 2.24) is 5.32 Å². The van der Waals surface area contributed by atoms with Crippen LogP contribution >= 0.6 is 11.6 Å². The first-order valence-corrected chi connectivity index (χ1v) is 5.80. The van der Waals surface area contributed by atoms with E-state index in [4.69, 9.17) is 11.6 Å². The third kappa shape index (κ3) is 3.53. The van der Waals surface area contributed by atoms with Crippen molar-refractivity contribution in [1.29, 1.82) is 0 Å². The molecule has 0 heterocycles. The van der Waals surface area contributed by atoms with E-state index in [9.17, 15) is 15.0 Å². The van der Waals surface area contributed by atoms with E-state index in [1.807, 2.05) is 13.8 Å². The van der Waals surface area contributed by atoms with E-state index in [0.29, 0.717) is 6.54 Å². The number of amides is 1. The van der Waals surface area contributed by atoms with E-state index in [-0.39, 0.29) is 22.6 Å². The number of carbonyl (C=O) groups is 1. The SMILES string of the molecule is CC(C)C(Cl)CNC(=O)c1cccc(O)c1O. The third-order valence-electron chi connectivity index (χ3n) is 2.44. The lowest BCUT2D eigenvalue weighted by molar-refractivity contribution is 0.0949. The molecule has 0 saturated carbocycles. The van der Waals surface area contributed by atoms with Crippen molar-refractivity contribution in [2.24, 2.45) is 5.92 Å². The minimum Gasteiger partial charge on any atom is -0.504 e.